The Labute approximate surface area is 202 Å². The molecule has 7 heteroatoms. The Morgan fingerprint density at radius 3 is 1.59 bits per heavy atom. The lowest BCUT2D eigenvalue weighted by Crippen LogP contribution is -2.67. The van der Waals surface area contributed by atoms with Crippen LogP contribution < -0.4 is 10.4 Å². The van der Waals surface area contributed by atoms with Gasteiger partial charge in [-0.1, -0.05) is 95.3 Å². The molecule has 0 spiro atoms. The van der Waals surface area contributed by atoms with E-state index in [1.54, 1.807) is 23.5 Å². The van der Waals surface area contributed by atoms with E-state index in [1.807, 2.05) is 50.2 Å². The smallest absolute Gasteiger partial charge is 0.261 e. The topological polar surface area (TPSA) is 69.9 Å². The van der Waals surface area contributed by atoms with E-state index in [-0.39, 0.29) is 16.2 Å². The molecule has 2 rings (SSSR count). The van der Waals surface area contributed by atoms with Crippen molar-refractivity contribution in [2.45, 2.75) is 62.6 Å². The normalized spacial score (nSPS) is 15.5. The van der Waals surface area contributed by atoms with E-state index >= 15 is 0 Å². The van der Waals surface area contributed by atoms with Gasteiger partial charge in [-0.2, -0.15) is 0 Å². The lowest BCUT2D eigenvalue weighted by Gasteiger charge is -2.43. The number of hydrogen-bond donors (Lipinski definition) is 3. The molecule has 3 N–H and O–H groups in total. The summed E-state index contributed by atoms with van der Waals surface area (Å²) in [4.78, 5) is 0. The van der Waals surface area contributed by atoms with Crippen molar-refractivity contribution >= 4 is 42.2 Å². The van der Waals surface area contributed by atoms with Crippen molar-refractivity contribution in [1.82, 2.24) is 0 Å². The molecule has 0 aliphatic carbocycles. The number of hydrogen-bond acceptors (Lipinski definition) is 6. The summed E-state index contributed by atoms with van der Waals surface area (Å²) < 4.78 is 6.51. The standard InChI is InChI=1S/C25H38O4S2Si/c1-6-30-24(31-7-2)23(28)22(27)21(26)18-29-32(25(3,4)5,19-14-10-8-11-15-19)20-16-12-9-13-17-20/h8-17,21-24,26-28H,6-7,18H2,1-5H3/t21-,22-,23+/m1/s1. The molecule has 178 valence electrons. The molecule has 2 aromatic rings. The van der Waals surface area contributed by atoms with Gasteiger partial charge in [0.2, 0.25) is 0 Å². The van der Waals surface area contributed by atoms with Crippen LogP contribution in [-0.4, -0.2) is 64.6 Å². The van der Waals surface area contributed by atoms with E-state index < -0.39 is 26.6 Å². The number of thioether (sulfide) groups is 2. The van der Waals surface area contributed by atoms with Gasteiger partial charge in [0.05, 0.1) is 11.2 Å². The van der Waals surface area contributed by atoms with E-state index in [2.05, 4.69) is 45.0 Å². The highest BCUT2D eigenvalue weighted by atomic mass is 32.2. The summed E-state index contributed by atoms with van der Waals surface area (Å²) in [7, 11) is -2.81. The molecule has 0 bridgehead atoms. The van der Waals surface area contributed by atoms with Gasteiger partial charge in [0.25, 0.3) is 8.32 Å². The van der Waals surface area contributed by atoms with Crippen molar-refractivity contribution in [2.24, 2.45) is 0 Å². The average Bonchev–Trinajstić information content (AvgIpc) is 2.78. The van der Waals surface area contributed by atoms with Gasteiger partial charge in [0, 0.05) is 0 Å². The SMILES string of the molecule is CCSC(SCC)[C@@H](O)[C@H](O)[C@H](O)CO[Si](c1ccccc1)(c1ccccc1)C(C)(C)C. The molecular weight excluding hydrogens is 456 g/mol. The first-order valence-corrected chi connectivity index (χ1v) is 15.2. The van der Waals surface area contributed by atoms with Crippen molar-refractivity contribution in [2.75, 3.05) is 18.1 Å². The molecule has 0 aromatic heterocycles. The van der Waals surface area contributed by atoms with Gasteiger partial charge in [-0.25, -0.2) is 0 Å². The van der Waals surface area contributed by atoms with E-state index in [0.29, 0.717) is 0 Å². The summed E-state index contributed by atoms with van der Waals surface area (Å²) in [6.45, 7) is 10.5. The maximum atomic E-state index is 10.9. The van der Waals surface area contributed by atoms with Crippen LogP contribution in [0.15, 0.2) is 60.7 Å². The van der Waals surface area contributed by atoms with Gasteiger partial charge < -0.3 is 19.7 Å². The first-order chi connectivity index (χ1) is 15.2. The van der Waals surface area contributed by atoms with Crippen LogP contribution in [0.5, 0.6) is 0 Å². The van der Waals surface area contributed by atoms with Crippen LogP contribution in [-0.2, 0) is 4.43 Å². The first kappa shape index (κ1) is 27.4. The molecule has 0 heterocycles. The third-order valence-corrected chi connectivity index (χ3v) is 13.3. The van der Waals surface area contributed by atoms with Crippen LogP contribution >= 0.6 is 23.5 Å². The second-order valence-corrected chi connectivity index (χ2v) is 16.2. The quantitative estimate of drug-likeness (QED) is 0.310. The maximum absolute atomic E-state index is 10.9. The lowest BCUT2D eigenvalue weighted by molar-refractivity contribution is -0.0681. The van der Waals surface area contributed by atoms with Crippen LogP contribution in [0.25, 0.3) is 0 Å². The highest BCUT2D eigenvalue weighted by molar-refractivity contribution is 8.17. The monoisotopic (exact) mass is 494 g/mol. The van der Waals surface area contributed by atoms with E-state index in [0.717, 1.165) is 21.9 Å². The summed E-state index contributed by atoms with van der Waals surface area (Å²) in [6.07, 6.45) is -3.51. The van der Waals surface area contributed by atoms with E-state index in [1.165, 1.54) is 0 Å². The fourth-order valence-corrected chi connectivity index (χ4v) is 11.2. The molecular formula is C25H38O4S2Si. The molecule has 3 atom stereocenters. The number of aliphatic hydroxyl groups is 3. The molecule has 0 saturated heterocycles. The van der Waals surface area contributed by atoms with Gasteiger partial charge in [0.1, 0.15) is 18.3 Å². The zero-order valence-corrected chi connectivity index (χ0v) is 22.4. The highest BCUT2D eigenvalue weighted by Gasteiger charge is 2.50. The minimum absolute atomic E-state index is 0.0498. The predicted octanol–water partition coefficient (Wildman–Crippen LogP) is 3.48. The van der Waals surface area contributed by atoms with Crippen LogP contribution in [0.3, 0.4) is 0 Å². The Morgan fingerprint density at radius 2 is 1.22 bits per heavy atom. The molecule has 0 saturated carbocycles. The maximum Gasteiger partial charge on any atom is 0.261 e. The van der Waals surface area contributed by atoms with Crippen molar-refractivity contribution in [1.29, 1.82) is 0 Å². The summed E-state index contributed by atoms with van der Waals surface area (Å²) in [6, 6.07) is 20.4. The minimum atomic E-state index is -2.81. The lowest BCUT2D eigenvalue weighted by atomic mass is 10.1. The number of rotatable bonds is 12. The van der Waals surface area contributed by atoms with Gasteiger partial charge >= 0.3 is 0 Å². The summed E-state index contributed by atoms with van der Waals surface area (Å²) in [5, 5.41) is 34.4. The minimum Gasteiger partial charge on any atom is -0.405 e. The Hall–Kier alpha value is -0.803. The fraction of sp³-hybridized carbons (Fsp3) is 0.520. The van der Waals surface area contributed by atoms with Crippen molar-refractivity contribution < 1.29 is 19.7 Å². The van der Waals surface area contributed by atoms with Gasteiger partial charge in [-0.15, -0.1) is 23.5 Å². The molecule has 4 nitrogen and oxygen atoms in total. The summed E-state index contributed by atoms with van der Waals surface area (Å²) in [5.41, 5.74) is 0. The molecule has 0 fully saturated rings. The van der Waals surface area contributed by atoms with Gasteiger partial charge in [-0.05, 0) is 26.9 Å². The van der Waals surface area contributed by atoms with E-state index in [9.17, 15) is 15.3 Å². The Bertz CT molecular complexity index is 740. The Balaban J connectivity index is 2.35. The van der Waals surface area contributed by atoms with E-state index in [4.69, 9.17) is 4.43 Å². The highest BCUT2D eigenvalue weighted by Crippen LogP contribution is 2.37. The third-order valence-electron chi connectivity index (χ3n) is 5.57. The van der Waals surface area contributed by atoms with Crippen molar-refractivity contribution in [3.8, 4) is 0 Å². The number of benzene rings is 2. The third kappa shape index (κ3) is 6.41. The number of aliphatic hydroxyl groups excluding tert-OH is 3. The van der Waals surface area contributed by atoms with Crippen LogP contribution in [0.4, 0.5) is 0 Å². The van der Waals surface area contributed by atoms with Gasteiger partial charge in [0.15, 0.2) is 0 Å². The van der Waals surface area contributed by atoms with Crippen molar-refractivity contribution in [3.05, 3.63) is 60.7 Å². The first-order valence-electron chi connectivity index (χ1n) is 11.2. The molecule has 2 aromatic carbocycles. The second-order valence-electron chi connectivity index (χ2n) is 8.80. The Morgan fingerprint density at radius 1 is 0.781 bits per heavy atom. The average molecular weight is 495 g/mol. The molecule has 32 heavy (non-hydrogen) atoms. The predicted molar refractivity (Wildman–Crippen MR) is 142 cm³/mol. The molecule has 0 unspecified atom stereocenters. The molecule has 0 aliphatic heterocycles. The second kappa shape index (κ2) is 12.6. The molecule has 0 radical (unpaired) electrons. The van der Waals surface area contributed by atoms with Crippen LogP contribution in [0.2, 0.25) is 5.04 Å². The Kier molecular flexibility index (Phi) is 10.8. The fourth-order valence-electron chi connectivity index (χ4n) is 4.03. The van der Waals surface area contributed by atoms with Crippen molar-refractivity contribution in [3.63, 3.8) is 0 Å². The van der Waals surface area contributed by atoms with Crippen LogP contribution in [0.1, 0.15) is 34.6 Å². The molecule has 0 aliphatic rings. The van der Waals surface area contributed by atoms with Crippen LogP contribution in [0, 0.1) is 0 Å². The molecule has 0 amide bonds. The van der Waals surface area contributed by atoms with Gasteiger partial charge in [-0.3, -0.25) is 0 Å². The largest absolute Gasteiger partial charge is 0.405 e. The zero-order valence-electron chi connectivity index (χ0n) is 19.8. The zero-order chi connectivity index (χ0) is 23.8. The summed E-state index contributed by atoms with van der Waals surface area (Å²) in [5.74, 6) is 1.66. The summed E-state index contributed by atoms with van der Waals surface area (Å²) >= 11 is 3.17.